The third-order valence-electron chi connectivity index (χ3n) is 4.38. The first-order valence-corrected chi connectivity index (χ1v) is 10.4. The predicted molar refractivity (Wildman–Crippen MR) is 125 cm³/mol. The van der Waals surface area contributed by atoms with Gasteiger partial charge in [-0.05, 0) is 36.0 Å². The molecule has 2 N–H and O–H groups in total. The van der Waals surface area contributed by atoms with Gasteiger partial charge in [0.2, 0.25) is 0 Å². The first kappa shape index (κ1) is 21.3. The van der Waals surface area contributed by atoms with Crippen molar-refractivity contribution in [3.8, 4) is 0 Å². The number of benzene rings is 2. The van der Waals surface area contributed by atoms with Crippen molar-refractivity contribution in [2.24, 2.45) is 0 Å². The zero-order valence-electron chi connectivity index (χ0n) is 16.1. The van der Waals surface area contributed by atoms with Crippen LogP contribution >= 0.6 is 35.4 Å². The van der Waals surface area contributed by atoms with Crippen LogP contribution in [0.15, 0.2) is 67.0 Å². The van der Waals surface area contributed by atoms with Crippen LogP contribution in [0.4, 0.5) is 16.0 Å². The van der Waals surface area contributed by atoms with E-state index < -0.39 is 0 Å². The summed E-state index contributed by atoms with van der Waals surface area (Å²) in [6.07, 6.45) is 3.45. The van der Waals surface area contributed by atoms with Crippen molar-refractivity contribution in [3.05, 3.63) is 94.0 Å². The molecule has 0 aliphatic heterocycles. The lowest BCUT2D eigenvalue weighted by atomic mass is 10.2. The molecule has 0 bridgehead atoms. The van der Waals surface area contributed by atoms with Gasteiger partial charge >= 0.3 is 0 Å². The maximum absolute atomic E-state index is 13.9. The number of halogens is 3. The van der Waals surface area contributed by atoms with Gasteiger partial charge in [-0.2, -0.15) is 10.2 Å². The Labute approximate surface area is 193 Å². The minimum Gasteiger partial charge on any atom is -0.316 e. The Kier molecular flexibility index (Phi) is 6.50. The second kappa shape index (κ2) is 9.47. The summed E-state index contributed by atoms with van der Waals surface area (Å²) in [4.78, 5) is 0. The van der Waals surface area contributed by atoms with E-state index in [1.807, 2.05) is 36.5 Å². The molecule has 2 aromatic carbocycles. The van der Waals surface area contributed by atoms with Crippen LogP contribution < -0.4 is 10.6 Å². The van der Waals surface area contributed by atoms with Crippen LogP contribution in [-0.4, -0.2) is 24.7 Å². The molecule has 0 saturated heterocycles. The molecule has 2 heterocycles. The Morgan fingerprint density at radius 3 is 2.48 bits per heavy atom. The highest BCUT2D eigenvalue weighted by Crippen LogP contribution is 2.21. The molecule has 0 atom stereocenters. The third-order valence-corrected chi connectivity index (χ3v) is 5.11. The van der Waals surface area contributed by atoms with Crippen LogP contribution in [0, 0.1) is 5.82 Å². The number of hydrogen-bond acceptors (Lipinski definition) is 3. The molecule has 6 nitrogen and oxygen atoms in total. The van der Waals surface area contributed by atoms with Gasteiger partial charge < -0.3 is 10.6 Å². The molecule has 31 heavy (non-hydrogen) atoms. The molecule has 0 unspecified atom stereocenters. The van der Waals surface area contributed by atoms with Crippen molar-refractivity contribution in [1.29, 1.82) is 0 Å². The maximum Gasteiger partial charge on any atom is 0.177 e. The van der Waals surface area contributed by atoms with E-state index in [0.717, 1.165) is 5.56 Å². The van der Waals surface area contributed by atoms with E-state index in [-0.39, 0.29) is 17.5 Å². The van der Waals surface area contributed by atoms with Gasteiger partial charge in [0.05, 0.1) is 13.1 Å². The van der Waals surface area contributed by atoms with E-state index in [1.165, 1.54) is 6.07 Å². The molecule has 0 aliphatic rings. The fourth-order valence-electron chi connectivity index (χ4n) is 2.91. The van der Waals surface area contributed by atoms with Crippen molar-refractivity contribution in [3.63, 3.8) is 0 Å². The summed E-state index contributed by atoms with van der Waals surface area (Å²) in [6.45, 7) is 0.856. The standard InChI is InChI=1S/C21H17Cl2FN6S/c22-16-7-5-14(6-8-16)11-29-10-9-19(27-29)25-21(31)26-20-17(23)13-30(28-20)12-15-3-1-2-4-18(15)24/h1-10,13H,11-12H2,(H2,25,26,27,28,31). The highest BCUT2D eigenvalue weighted by Gasteiger charge is 2.11. The van der Waals surface area contributed by atoms with Crippen molar-refractivity contribution in [2.45, 2.75) is 13.1 Å². The molecule has 0 radical (unpaired) electrons. The number of hydrogen-bond donors (Lipinski definition) is 2. The van der Waals surface area contributed by atoms with Crippen molar-refractivity contribution in [1.82, 2.24) is 19.6 Å². The lowest BCUT2D eigenvalue weighted by Gasteiger charge is -2.07. The van der Waals surface area contributed by atoms with Crippen LogP contribution in [0.1, 0.15) is 11.1 Å². The summed E-state index contributed by atoms with van der Waals surface area (Å²) in [5, 5.41) is 16.1. The molecule has 10 heteroatoms. The van der Waals surface area contributed by atoms with E-state index in [9.17, 15) is 4.39 Å². The molecule has 0 fully saturated rings. The molecule has 4 aromatic rings. The molecule has 0 spiro atoms. The monoisotopic (exact) mass is 474 g/mol. The Morgan fingerprint density at radius 1 is 0.935 bits per heavy atom. The molecular weight excluding hydrogens is 458 g/mol. The number of rotatable bonds is 6. The average Bonchev–Trinajstić information content (AvgIpc) is 3.31. The summed E-state index contributed by atoms with van der Waals surface area (Å²) in [7, 11) is 0. The quantitative estimate of drug-likeness (QED) is 0.364. The van der Waals surface area contributed by atoms with Gasteiger partial charge in [-0.1, -0.05) is 53.5 Å². The van der Waals surface area contributed by atoms with Crippen molar-refractivity contribution >= 4 is 52.2 Å². The topological polar surface area (TPSA) is 59.7 Å². The minimum atomic E-state index is -0.296. The zero-order valence-corrected chi connectivity index (χ0v) is 18.4. The van der Waals surface area contributed by atoms with Gasteiger partial charge in [0, 0.05) is 29.0 Å². The Morgan fingerprint density at radius 2 is 1.71 bits per heavy atom. The largest absolute Gasteiger partial charge is 0.316 e. The van der Waals surface area contributed by atoms with Crippen LogP contribution in [-0.2, 0) is 13.1 Å². The molecule has 4 rings (SSSR count). The van der Waals surface area contributed by atoms with Crippen LogP contribution in [0.25, 0.3) is 0 Å². The zero-order chi connectivity index (χ0) is 21.8. The summed E-state index contributed by atoms with van der Waals surface area (Å²) in [5.41, 5.74) is 1.59. The van der Waals surface area contributed by atoms with E-state index >= 15 is 0 Å². The lowest BCUT2D eigenvalue weighted by Crippen LogP contribution is -2.20. The number of anilines is 2. The van der Waals surface area contributed by atoms with Gasteiger partial charge in [0.25, 0.3) is 0 Å². The Balaban J connectivity index is 1.36. The molecule has 0 amide bonds. The summed E-state index contributed by atoms with van der Waals surface area (Å²) < 4.78 is 17.2. The highest BCUT2D eigenvalue weighted by atomic mass is 35.5. The maximum atomic E-state index is 13.9. The summed E-state index contributed by atoms with van der Waals surface area (Å²) in [6, 6.07) is 15.9. The van der Waals surface area contributed by atoms with Gasteiger partial charge in [-0.15, -0.1) is 0 Å². The number of nitrogens with one attached hydrogen (secondary N) is 2. The van der Waals surface area contributed by atoms with E-state index in [2.05, 4.69) is 20.8 Å². The first-order chi connectivity index (χ1) is 15.0. The summed E-state index contributed by atoms with van der Waals surface area (Å²) >= 11 is 17.5. The minimum absolute atomic E-state index is 0.253. The van der Waals surface area contributed by atoms with E-state index in [0.29, 0.717) is 33.8 Å². The Bertz CT molecular complexity index is 1200. The molecule has 2 aromatic heterocycles. The first-order valence-electron chi connectivity index (χ1n) is 9.28. The fourth-order valence-corrected chi connectivity index (χ4v) is 3.44. The van der Waals surface area contributed by atoms with Crippen molar-refractivity contribution < 1.29 is 4.39 Å². The normalized spacial score (nSPS) is 10.8. The second-order valence-electron chi connectivity index (χ2n) is 6.72. The van der Waals surface area contributed by atoms with Crippen molar-refractivity contribution in [2.75, 3.05) is 10.6 Å². The molecule has 158 valence electrons. The van der Waals surface area contributed by atoms with E-state index in [1.54, 1.807) is 33.8 Å². The smallest absolute Gasteiger partial charge is 0.177 e. The Hall–Kier alpha value is -2.94. The number of nitrogens with zero attached hydrogens (tertiary/aromatic N) is 4. The molecule has 0 saturated carbocycles. The van der Waals surface area contributed by atoms with Crippen LogP contribution in [0.2, 0.25) is 10.0 Å². The van der Waals surface area contributed by atoms with Crippen LogP contribution in [0.3, 0.4) is 0 Å². The van der Waals surface area contributed by atoms with Crippen LogP contribution in [0.5, 0.6) is 0 Å². The molecular formula is C21H17Cl2FN6S. The lowest BCUT2D eigenvalue weighted by molar-refractivity contribution is 0.586. The summed E-state index contributed by atoms with van der Waals surface area (Å²) in [5.74, 6) is 0.652. The molecule has 0 aliphatic carbocycles. The third kappa shape index (κ3) is 5.61. The fraction of sp³-hybridized carbons (Fsp3) is 0.0952. The van der Waals surface area contributed by atoms with Gasteiger partial charge in [-0.3, -0.25) is 9.36 Å². The second-order valence-corrected chi connectivity index (χ2v) is 7.97. The SMILES string of the molecule is Fc1ccccc1Cn1cc(Cl)c(NC(=S)Nc2ccn(Cc3ccc(Cl)cc3)n2)n1. The van der Waals surface area contributed by atoms with E-state index in [4.69, 9.17) is 35.4 Å². The number of thiocarbonyl (C=S) groups is 1. The van der Waals surface area contributed by atoms with Gasteiger partial charge in [0.15, 0.2) is 16.7 Å². The van der Waals surface area contributed by atoms with Gasteiger partial charge in [-0.25, -0.2) is 4.39 Å². The predicted octanol–water partition coefficient (Wildman–Crippen LogP) is 5.43. The van der Waals surface area contributed by atoms with Gasteiger partial charge in [0.1, 0.15) is 10.8 Å². The highest BCUT2D eigenvalue weighted by molar-refractivity contribution is 7.80. The number of aromatic nitrogens is 4. The average molecular weight is 475 g/mol.